The molecule has 0 saturated carbocycles. The molecule has 0 aliphatic rings. The molecule has 1 N–H and O–H groups in total. The summed E-state index contributed by atoms with van der Waals surface area (Å²) in [5.74, 6) is 0.425. The summed E-state index contributed by atoms with van der Waals surface area (Å²) in [6.45, 7) is 2.14. The Labute approximate surface area is 94.9 Å². The second-order valence-corrected chi connectivity index (χ2v) is 3.79. The summed E-state index contributed by atoms with van der Waals surface area (Å²) >= 11 is 0. The molecule has 1 rings (SSSR count). The van der Waals surface area contributed by atoms with Crippen LogP contribution in [0.15, 0.2) is 4.42 Å². The zero-order valence-electron chi connectivity index (χ0n) is 9.61. The van der Waals surface area contributed by atoms with E-state index < -0.39 is 5.97 Å². The third-order valence-corrected chi connectivity index (χ3v) is 2.28. The Morgan fingerprint density at radius 1 is 1.19 bits per heavy atom. The highest BCUT2D eigenvalue weighted by Crippen LogP contribution is 2.08. The topological polar surface area (TPSA) is 76.2 Å². The van der Waals surface area contributed by atoms with Crippen molar-refractivity contribution in [2.24, 2.45) is 0 Å². The summed E-state index contributed by atoms with van der Waals surface area (Å²) in [7, 11) is 0. The molecule has 1 heterocycles. The van der Waals surface area contributed by atoms with E-state index in [1.807, 2.05) is 0 Å². The van der Waals surface area contributed by atoms with E-state index in [0.717, 1.165) is 19.3 Å². The van der Waals surface area contributed by atoms with Crippen LogP contribution < -0.4 is 0 Å². The molecular formula is C11H18N2O3. The van der Waals surface area contributed by atoms with E-state index >= 15 is 0 Å². The predicted molar refractivity (Wildman–Crippen MR) is 58.1 cm³/mol. The van der Waals surface area contributed by atoms with Crippen molar-refractivity contribution in [2.45, 2.75) is 51.9 Å². The molecule has 0 aromatic carbocycles. The fourth-order valence-electron chi connectivity index (χ4n) is 1.41. The Kier molecular flexibility index (Phi) is 5.53. The third-order valence-electron chi connectivity index (χ3n) is 2.28. The van der Waals surface area contributed by atoms with Crippen molar-refractivity contribution < 1.29 is 14.3 Å². The van der Waals surface area contributed by atoms with E-state index in [1.165, 1.54) is 6.42 Å². The number of hydrogen-bond acceptors (Lipinski definition) is 4. The molecule has 0 bridgehead atoms. The highest BCUT2D eigenvalue weighted by atomic mass is 16.4. The number of unbranched alkanes of at least 4 members (excludes halogenated alkanes) is 2. The van der Waals surface area contributed by atoms with Crippen LogP contribution in [0.4, 0.5) is 0 Å². The van der Waals surface area contributed by atoms with Gasteiger partial charge in [0, 0.05) is 19.3 Å². The molecule has 0 amide bonds. The Bertz CT molecular complexity index is 323. The Balaban J connectivity index is 2.25. The summed E-state index contributed by atoms with van der Waals surface area (Å²) < 4.78 is 5.40. The van der Waals surface area contributed by atoms with Gasteiger partial charge in [-0.3, -0.25) is 4.79 Å². The average Bonchev–Trinajstić information content (AvgIpc) is 2.66. The maximum Gasteiger partial charge on any atom is 0.303 e. The van der Waals surface area contributed by atoms with Crippen molar-refractivity contribution in [3.8, 4) is 0 Å². The first-order valence-electron chi connectivity index (χ1n) is 5.75. The van der Waals surface area contributed by atoms with E-state index in [2.05, 4.69) is 17.1 Å². The minimum absolute atomic E-state index is 0.146. The molecule has 0 saturated heterocycles. The Hall–Kier alpha value is -1.39. The van der Waals surface area contributed by atoms with Gasteiger partial charge in [-0.15, -0.1) is 10.2 Å². The molecule has 0 aliphatic heterocycles. The van der Waals surface area contributed by atoms with Gasteiger partial charge in [0.25, 0.3) is 0 Å². The fraction of sp³-hybridized carbons (Fsp3) is 0.727. The van der Waals surface area contributed by atoms with Crippen LogP contribution in [-0.4, -0.2) is 21.3 Å². The monoisotopic (exact) mass is 226 g/mol. The predicted octanol–water partition coefficient (Wildman–Crippen LogP) is 2.21. The number of carboxylic acid groups (broad SMARTS) is 1. The molecule has 0 aliphatic carbocycles. The summed E-state index contributed by atoms with van der Waals surface area (Å²) in [6, 6.07) is 0. The van der Waals surface area contributed by atoms with Gasteiger partial charge in [0.1, 0.15) is 0 Å². The number of nitrogens with zero attached hydrogens (tertiary/aromatic N) is 2. The third kappa shape index (κ3) is 4.91. The number of carboxylic acids is 1. The van der Waals surface area contributed by atoms with Gasteiger partial charge in [0.2, 0.25) is 11.8 Å². The summed E-state index contributed by atoms with van der Waals surface area (Å²) in [5, 5.41) is 16.3. The Morgan fingerprint density at radius 2 is 1.81 bits per heavy atom. The lowest BCUT2D eigenvalue weighted by Crippen LogP contribution is -1.95. The molecule has 0 spiro atoms. The minimum atomic E-state index is -0.789. The van der Waals surface area contributed by atoms with Gasteiger partial charge in [-0.05, 0) is 12.8 Å². The quantitative estimate of drug-likeness (QED) is 0.688. The van der Waals surface area contributed by atoms with Gasteiger partial charge in [-0.2, -0.15) is 0 Å². The van der Waals surface area contributed by atoms with E-state index in [4.69, 9.17) is 9.52 Å². The summed E-state index contributed by atoms with van der Waals surface area (Å²) in [4.78, 5) is 10.3. The van der Waals surface area contributed by atoms with Crippen molar-refractivity contribution in [1.82, 2.24) is 10.2 Å². The van der Waals surface area contributed by atoms with E-state index in [0.29, 0.717) is 24.6 Å². The maximum absolute atomic E-state index is 10.3. The van der Waals surface area contributed by atoms with Crippen LogP contribution in [0.1, 0.15) is 50.8 Å². The molecule has 0 unspecified atom stereocenters. The van der Waals surface area contributed by atoms with Crippen LogP contribution in [0.5, 0.6) is 0 Å². The molecule has 90 valence electrons. The van der Waals surface area contributed by atoms with Crippen molar-refractivity contribution in [1.29, 1.82) is 0 Å². The smallest absolute Gasteiger partial charge is 0.303 e. The zero-order valence-corrected chi connectivity index (χ0v) is 9.61. The van der Waals surface area contributed by atoms with Crippen LogP contribution in [-0.2, 0) is 17.6 Å². The first-order valence-corrected chi connectivity index (χ1v) is 5.75. The van der Waals surface area contributed by atoms with Crippen molar-refractivity contribution in [3.05, 3.63) is 11.8 Å². The zero-order chi connectivity index (χ0) is 11.8. The number of rotatable bonds is 8. The van der Waals surface area contributed by atoms with Crippen molar-refractivity contribution >= 4 is 5.97 Å². The first-order chi connectivity index (χ1) is 7.72. The summed E-state index contributed by atoms with van der Waals surface area (Å²) in [6.07, 6.45) is 5.45. The van der Waals surface area contributed by atoms with Gasteiger partial charge < -0.3 is 9.52 Å². The van der Waals surface area contributed by atoms with Crippen LogP contribution in [0.2, 0.25) is 0 Å². The average molecular weight is 226 g/mol. The molecule has 0 atom stereocenters. The molecule has 0 radical (unpaired) electrons. The highest BCUT2D eigenvalue weighted by Gasteiger charge is 2.06. The largest absolute Gasteiger partial charge is 0.481 e. The second-order valence-electron chi connectivity index (χ2n) is 3.79. The van der Waals surface area contributed by atoms with Gasteiger partial charge >= 0.3 is 5.97 Å². The van der Waals surface area contributed by atoms with Crippen molar-refractivity contribution in [3.63, 3.8) is 0 Å². The lowest BCUT2D eigenvalue weighted by Gasteiger charge is -1.93. The Morgan fingerprint density at radius 3 is 2.38 bits per heavy atom. The second kappa shape index (κ2) is 6.98. The van der Waals surface area contributed by atoms with Gasteiger partial charge in [0.15, 0.2) is 0 Å². The number of carbonyl (C=O) groups is 1. The normalized spacial score (nSPS) is 10.6. The van der Waals surface area contributed by atoms with E-state index in [-0.39, 0.29) is 6.42 Å². The molecule has 5 nitrogen and oxygen atoms in total. The van der Waals surface area contributed by atoms with Gasteiger partial charge in [-0.25, -0.2) is 0 Å². The van der Waals surface area contributed by atoms with Crippen LogP contribution >= 0.6 is 0 Å². The molecule has 1 aromatic rings. The number of aromatic nitrogens is 2. The molecule has 1 aromatic heterocycles. The van der Waals surface area contributed by atoms with E-state index in [1.54, 1.807) is 0 Å². The molecular weight excluding hydrogens is 208 g/mol. The van der Waals surface area contributed by atoms with Crippen LogP contribution in [0, 0.1) is 0 Å². The molecule has 5 heteroatoms. The molecule has 0 fully saturated rings. The fourth-order valence-corrected chi connectivity index (χ4v) is 1.41. The summed E-state index contributed by atoms with van der Waals surface area (Å²) in [5.41, 5.74) is 0. The standard InChI is InChI=1S/C11H18N2O3/c1-2-3-4-6-9-12-13-10(16-9)7-5-8-11(14)15/h2-8H2,1H3,(H,14,15). The number of aliphatic carboxylic acids is 1. The maximum atomic E-state index is 10.3. The number of hydrogen-bond donors (Lipinski definition) is 1. The van der Waals surface area contributed by atoms with Gasteiger partial charge in [0.05, 0.1) is 0 Å². The minimum Gasteiger partial charge on any atom is -0.481 e. The van der Waals surface area contributed by atoms with Gasteiger partial charge in [-0.1, -0.05) is 19.8 Å². The number of aryl methyl sites for hydroxylation is 2. The van der Waals surface area contributed by atoms with E-state index in [9.17, 15) is 4.79 Å². The van der Waals surface area contributed by atoms with Crippen molar-refractivity contribution in [2.75, 3.05) is 0 Å². The lowest BCUT2D eigenvalue weighted by molar-refractivity contribution is -0.137. The van der Waals surface area contributed by atoms with Crippen LogP contribution in [0.25, 0.3) is 0 Å². The SMILES string of the molecule is CCCCCc1nnc(CCCC(=O)O)o1. The molecule has 16 heavy (non-hydrogen) atoms. The van der Waals surface area contributed by atoms with Crippen LogP contribution in [0.3, 0.4) is 0 Å². The highest BCUT2D eigenvalue weighted by molar-refractivity contribution is 5.66. The lowest BCUT2D eigenvalue weighted by atomic mass is 10.2. The first kappa shape index (κ1) is 12.7.